The number of carbonyl (C=O) groups is 1. The van der Waals surface area contributed by atoms with Gasteiger partial charge in [-0.25, -0.2) is 4.39 Å². The van der Waals surface area contributed by atoms with Gasteiger partial charge in [0.1, 0.15) is 11.5 Å². The molecule has 0 aliphatic heterocycles. The standard InChI is InChI=1S/C18H17FN2O2/c1-11(17(22)12-6-8-14(19)9-7-12)20-18(23)16-10-13-4-2-3-5-15(13)21-16/h2-11,17,21-22H,1H3,(H,20,23). The lowest BCUT2D eigenvalue weighted by molar-refractivity contribution is 0.0848. The summed E-state index contributed by atoms with van der Waals surface area (Å²) in [5.41, 5.74) is 1.87. The highest BCUT2D eigenvalue weighted by Crippen LogP contribution is 2.18. The van der Waals surface area contributed by atoms with Gasteiger partial charge in [0.25, 0.3) is 5.91 Å². The van der Waals surface area contributed by atoms with Crippen molar-refractivity contribution in [3.05, 3.63) is 71.7 Å². The van der Waals surface area contributed by atoms with E-state index in [1.54, 1.807) is 13.0 Å². The predicted molar refractivity (Wildman–Crippen MR) is 86.6 cm³/mol. The van der Waals surface area contributed by atoms with Crippen molar-refractivity contribution in [2.75, 3.05) is 0 Å². The van der Waals surface area contributed by atoms with Crippen LogP contribution in [0.15, 0.2) is 54.6 Å². The summed E-state index contributed by atoms with van der Waals surface area (Å²) in [4.78, 5) is 15.3. The zero-order chi connectivity index (χ0) is 16.4. The number of aromatic nitrogens is 1. The van der Waals surface area contributed by atoms with E-state index in [1.165, 1.54) is 24.3 Å². The van der Waals surface area contributed by atoms with Crippen molar-refractivity contribution < 1.29 is 14.3 Å². The van der Waals surface area contributed by atoms with E-state index in [1.807, 2.05) is 24.3 Å². The highest BCUT2D eigenvalue weighted by Gasteiger charge is 2.20. The first kappa shape index (κ1) is 15.2. The van der Waals surface area contributed by atoms with E-state index >= 15 is 0 Å². The molecule has 23 heavy (non-hydrogen) atoms. The van der Waals surface area contributed by atoms with Gasteiger partial charge < -0.3 is 15.4 Å². The fourth-order valence-corrected chi connectivity index (χ4v) is 2.51. The lowest BCUT2D eigenvalue weighted by atomic mass is 10.0. The average molecular weight is 312 g/mol. The first-order chi connectivity index (χ1) is 11.0. The number of rotatable bonds is 4. The zero-order valence-electron chi connectivity index (χ0n) is 12.6. The molecule has 0 spiro atoms. The summed E-state index contributed by atoms with van der Waals surface area (Å²) < 4.78 is 12.9. The van der Waals surface area contributed by atoms with Crippen molar-refractivity contribution in [3.8, 4) is 0 Å². The van der Waals surface area contributed by atoms with E-state index < -0.39 is 12.1 Å². The molecular formula is C18H17FN2O2. The maximum absolute atomic E-state index is 12.9. The van der Waals surface area contributed by atoms with Gasteiger partial charge in [0, 0.05) is 10.9 Å². The van der Waals surface area contributed by atoms with E-state index in [-0.39, 0.29) is 11.7 Å². The number of hydrogen-bond acceptors (Lipinski definition) is 2. The minimum Gasteiger partial charge on any atom is -0.386 e. The zero-order valence-corrected chi connectivity index (χ0v) is 12.6. The van der Waals surface area contributed by atoms with Gasteiger partial charge in [0.15, 0.2) is 0 Å². The Kier molecular flexibility index (Phi) is 4.12. The van der Waals surface area contributed by atoms with Crippen LogP contribution in [0.25, 0.3) is 10.9 Å². The summed E-state index contributed by atoms with van der Waals surface area (Å²) in [5, 5.41) is 14.0. The lowest BCUT2D eigenvalue weighted by Gasteiger charge is -2.20. The maximum Gasteiger partial charge on any atom is 0.268 e. The van der Waals surface area contributed by atoms with Crippen LogP contribution in [0.5, 0.6) is 0 Å². The molecule has 5 heteroatoms. The maximum atomic E-state index is 12.9. The number of amides is 1. The molecular weight excluding hydrogens is 295 g/mol. The van der Waals surface area contributed by atoms with Crippen LogP contribution in [0.1, 0.15) is 29.1 Å². The fraction of sp³-hybridized carbons (Fsp3) is 0.167. The van der Waals surface area contributed by atoms with Crippen molar-refractivity contribution in [2.24, 2.45) is 0 Å². The topological polar surface area (TPSA) is 65.1 Å². The fourth-order valence-electron chi connectivity index (χ4n) is 2.51. The van der Waals surface area contributed by atoms with E-state index in [4.69, 9.17) is 0 Å². The van der Waals surface area contributed by atoms with E-state index in [0.29, 0.717) is 11.3 Å². The van der Waals surface area contributed by atoms with Crippen LogP contribution in [-0.4, -0.2) is 22.0 Å². The number of nitrogens with one attached hydrogen (secondary N) is 2. The second kappa shape index (κ2) is 6.22. The van der Waals surface area contributed by atoms with Crippen LogP contribution in [0.3, 0.4) is 0 Å². The Balaban J connectivity index is 1.72. The molecule has 0 saturated heterocycles. The number of hydrogen-bond donors (Lipinski definition) is 3. The predicted octanol–water partition coefficient (Wildman–Crippen LogP) is 3.16. The summed E-state index contributed by atoms with van der Waals surface area (Å²) in [5.74, 6) is -0.662. The molecule has 0 bridgehead atoms. The summed E-state index contributed by atoms with van der Waals surface area (Å²) in [6.07, 6.45) is -0.913. The van der Waals surface area contributed by atoms with Crippen molar-refractivity contribution in [2.45, 2.75) is 19.1 Å². The second-order valence-electron chi connectivity index (χ2n) is 5.53. The molecule has 2 unspecified atom stereocenters. The van der Waals surface area contributed by atoms with Crippen molar-refractivity contribution in [1.29, 1.82) is 0 Å². The highest BCUT2D eigenvalue weighted by molar-refractivity contribution is 5.98. The SMILES string of the molecule is CC(NC(=O)c1cc2ccccc2[nH]1)C(O)c1ccc(F)cc1. The molecule has 2 aromatic carbocycles. The van der Waals surface area contributed by atoms with Gasteiger partial charge in [-0.05, 0) is 36.8 Å². The number of benzene rings is 2. The molecule has 118 valence electrons. The number of fused-ring (bicyclic) bond motifs is 1. The monoisotopic (exact) mass is 312 g/mol. The van der Waals surface area contributed by atoms with Gasteiger partial charge in [-0.3, -0.25) is 4.79 Å². The molecule has 2 atom stereocenters. The van der Waals surface area contributed by atoms with E-state index in [0.717, 1.165) is 10.9 Å². The first-order valence-electron chi connectivity index (χ1n) is 7.37. The number of para-hydroxylation sites is 1. The van der Waals surface area contributed by atoms with Crippen LogP contribution in [0, 0.1) is 5.82 Å². The summed E-state index contributed by atoms with van der Waals surface area (Å²) in [7, 11) is 0. The van der Waals surface area contributed by atoms with Gasteiger partial charge in [-0.15, -0.1) is 0 Å². The highest BCUT2D eigenvalue weighted by atomic mass is 19.1. The lowest BCUT2D eigenvalue weighted by Crippen LogP contribution is -2.37. The largest absolute Gasteiger partial charge is 0.386 e. The molecule has 1 aromatic heterocycles. The molecule has 3 rings (SSSR count). The van der Waals surface area contributed by atoms with Crippen LogP contribution in [0.2, 0.25) is 0 Å². The summed E-state index contributed by atoms with van der Waals surface area (Å²) in [6, 6.07) is 14.4. The Morgan fingerprint density at radius 2 is 1.87 bits per heavy atom. The molecule has 0 aliphatic carbocycles. The van der Waals surface area contributed by atoms with Crippen LogP contribution < -0.4 is 5.32 Å². The minimum atomic E-state index is -0.913. The van der Waals surface area contributed by atoms with Crippen LogP contribution >= 0.6 is 0 Å². The number of aliphatic hydroxyl groups is 1. The Morgan fingerprint density at radius 1 is 1.17 bits per heavy atom. The second-order valence-corrected chi connectivity index (χ2v) is 5.53. The quantitative estimate of drug-likeness (QED) is 0.693. The summed E-state index contributed by atoms with van der Waals surface area (Å²) >= 11 is 0. The average Bonchev–Trinajstić information content (AvgIpc) is 2.99. The van der Waals surface area contributed by atoms with Crippen LogP contribution in [0.4, 0.5) is 4.39 Å². The molecule has 0 saturated carbocycles. The Bertz CT molecular complexity index is 793. The third kappa shape index (κ3) is 3.24. The molecule has 3 N–H and O–H groups in total. The molecule has 0 aliphatic rings. The van der Waals surface area contributed by atoms with E-state index in [9.17, 15) is 14.3 Å². The number of aromatic amines is 1. The van der Waals surface area contributed by atoms with Gasteiger partial charge >= 0.3 is 0 Å². The van der Waals surface area contributed by atoms with Gasteiger partial charge in [0.2, 0.25) is 0 Å². The number of H-pyrrole nitrogens is 1. The van der Waals surface area contributed by atoms with Crippen LogP contribution in [-0.2, 0) is 0 Å². The number of halogens is 1. The molecule has 1 amide bonds. The Labute approximate surface area is 133 Å². The smallest absolute Gasteiger partial charge is 0.268 e. The Morgan fingerprint density at radius 3 is 2.57 bits per heavy atom. The van der Waals surface area contributed by atoms with Gasteiger partial charge in [-0.2, -0.15) is 0 Å². The molecule has 0 fully saturated rings. The van der Waals surface area contributed by atoms with Crippen molar-refractivity contribution >= 4 is 16.8 Å². The van der Waals surface area contributed by atoms with Crippen molar-refractivity contribution in [1.82, 2.24) is 10.3 Å². The molecule has 4 nitrogen and oxygen atoms in total. The minimum absolute atomic E-state index is 0.296. The molecule has 1 heterocycles. The molecule has 3 aromatic rings. The summed E-state index contributed by atoms with van der Waals surface area (Å²) in [6.45, 7) is 1.70. The van der Waals surface area contributed by atoms with E-state index in [2.05, 4.69) is 10.3 Å². The van der Waals surface area contributed by atoms with Gasteiger partial charge in [0.05, 0.1) is 12.1 Å². The number of carbonyl (C=O) groups excluding carboxylic acids is 1. The first-order valence-corrected chi connectivity index (χ1v) is 7.37. The third-order valence-electron chi connectivity index (χ3n) is 3.82. The van der Waals surface area contributed by atoms with Gasteiger partial charge in [-0.1, -0.05) is 30.3 Å². The number of aliphatic hydroxyl groups excluding tert-OH is 1. The van der Waals surface area contributed by atoms with Crippen molar-refractivity contribution in [3.63, 3.8) is 0 Å². The molecule has 0 radical (unpaired) electrons. The third-order valence-corrected chi connectivity index (χ3v) is 3.82. The normalized spacial score (nSPS) is 13.7. The Hall–Kier alpha value is -2.66.